The number of nitrogens with one attached hydrogen (secondary N) is 4. The van der Waals surface area contributed by atoms with E-state index in [1.165, 1.54) is 24.3 Å². The molecule has 0 bridgehead atoms. The molecule has 576 valence electrons. The number of ether oxygens (including phenoxy) is 3. The number of benzene rings is 9. The van der Waals surface area contributed by atoms with Crippen molar-refractivity contribution in [1.29, 1.82) is 0 Å². The summed E-state index contributed by atoms with van der Waals surface area (Å²) in [7, 11) is 3.23. The minimum Gasteiger partial charge on any atom is -0.508 e. The van der Waals surface area contributed by atoms with Gasteiger partial charge in [-0.15, -0.1) is 0 Å². The molecular formula is C86H87ClF4N16O5. The van der Waals surface area contributed by atoms with Crippen molar-refractivity contribution in [2.75, 3.05) is 61.7 Å². The molecular weight excluding hydrogens is 1450 g/mol. The van der Waals surface area contributed by atoms with Crippen molar-refractivity contribution in [3.8, 4) is 28.7 Å². The normalized spacial score (nSPS) is 13.3. The summed E-state index contributed by atoms with van der Waals surface area (Å²) in [5.74, 6) is 3.88. The summed E-state index contributed by atoms with van der Waals surface area (Å²) in [4.78, 5) is 48.2. The summed E-state index contributed by atoms with van der Waals surface area (Å²) in [6, 6.07) is 45.9. The third-order valence-corrected chi connectivity index (χ3v) is 19.5. The fourth-order valence-corrected chi connectivity index (χ4v) is 13.0. The van der Waals surface area contributed by atoms with E-state index in [1.807, 2.05) is 60.7 Å². The maximum Gasteiger partial charge on any atom is 0.227 e. The van der Waals surface area contributed by atoms with Gasteiger partial charge < -0.3 is 55.5 Å². The van der Waals surface area contributed by atoms with Crippen LogP contribution in [0.25, 0.3) is 54.5 Å². The van der Waals surface area contributed by atoms with Gasteiger partial charge in [-0.3, -0.25) is 0 Å². The molecule has 2 aliphatic heterocycles. The molecule has 14 aromatic rings. The Labute approximate surface area is 651 Å². The van der Waals surface area contributed by atoms with Crippen LogP contribution in [0.15, 0.2) is 189 Å². The summed E-state index contributed by atoms with van der Waals surface area (Å²) in [5, 5.41) is 37.3. The first kappa shape index (κ1) is 79.4. The number of hydrogen-bond acceptors (Lipinski definition) is 21. The van der Waals surface area contributed by atoms with Gasteiger partial charge in [0.2, 0.25) is 29.1 Å². The molecule has 9 aromatic carbocycles. The number of aromatic nitrogens is 10. The molecule has 7 heterocycles. The van der Waals surface area contributed by atoms with Crippen LogP contribution in [-0.2, 0) is 0 Å². The van der Waals surface area contributed by atoms with Crippen LogP contribution in [-0.4, -0.2) is 128 Å². The number of nitrogens with zero attached hydrogens (tertiary/aromatic N) is 12. The number of anilines is 8. The SMILES string of the molecule is COc1ccc2cnc(Cl)nc2c1.COc1ccc2cnc(Nc3ccc(F)c(C)c3)nc2c1.Cc1cc(Nc2ncc3ccc(O)c(C4CCN(C(C)C)CC4)c3n2)ccc1F.Cc1cc(Nc2ncc3ccc(O)cc3n2)ccc1F.Cc1cc(Nc2ncc3ccc(OC4CCN(C(C)C)CC4)cc3n2)ccc1F. The number of likely N-dealkylation sites (tertiary alicyclic amines) is 2. The first-order valence-electron chi connectivity index (χ1n) is 36.7. The smallest absolute Gasteiger partial charge is 0.227 e. The third-order valence-electron chi connectivity index (χ3n) is 19.3. The first-order chi connectivity index (χ1) is 54.0. The van der Waals surface area contributed by atoms with Crippen molar-refractivity contribution in [1.82, 2.24) is 59.6 Å². The number of aryl methyl sites for hydroxylation is 4. The van der Waals surface area contributed by atoms with E-state index in [1.54, 1.807) is 146 Å². The van der Waals surface area contributed by atoms with Gasteiger partial charge in [-0.1, -0.05) is 0 Å². The van der Waals surface area contributed by atoms with E-state index in [9.17, 15) is 27.8 Å². The molecule has 0 amide bonds. The minimum atomic E-state index is -0.250. The lowest BCUT2D eigenvalue weighted by molar-refractivity contribution is 0.0844. The predicted octanol–water partition coefficient (Wildman–Crippen LogP) is 19.8. The van der Waals surface area contributed by atoms with Crippen LogP contribution < -0.4 is 35.5 Å². The zero-order chi connectivity index (χ0) is 79.1. The number of phenols is 2. The van der Waals surface area contributed by atoms with Crippen LogP contribution in [0.2, 0.25) is 5.28 Å². The van der Waals surface area contributed by atoms with Crippen LogP contribution in [0.3, 0.4) is 0 Å². The molecule has 0 saturated carbocycles. The van der Waals surface area contributed by atoms with Crippen molar-refractivity contribution < 1.29 is 42.0 Å². The molecule has 5 aromatic heterocycles. The molecule has 16 rings (SSSR count). The highest BCUT2D eigenvalue weighted by molar-refractivity contribution is 6.28. The van der Waals surface area contributed by atoms with E-state index in [0.29, 0.717) is 75.1 Å². The number of piperidine rings is 2. The Bertz CT molecular complexity index is 5640. The second-order valence-corrected chi connectivity index (χ2v) is 28.2. The Morgan fingerprint density at radius 1 is 0.402 bits per heavy atom. The molecule has 0 spiro atoms. The molecule has 0 atom stereocenters. The van der Waals surface area contributed by atoms with Gasteiger partial charge in [-0.25, -0.2) is 67.4 Å². The largest absolute Gasteiger partial charge is 0.508 e. The fourth-order valence-electron chi connectivity index (χ4n) is 12.9. The summed E-state index contributed by atoms with van der Waals surface area (Å²) in [6.07, 6.45) is 12.9. The van der Waals surface area contributed by atoms with Gasteiger partial charge >= 0.3 is 0 Å². The van der Waals surface area contributed by atoms with Crippen molar-refractivity contribution in [2.24, 2.45) is 0 Å². The molecule has 26 heteroatoms. The average molecular weight is 1540 g/mol. The number of fused-ring (bicyclic) bond motifs is 5. The topological polar surface area (TPSA) is 252 Å². The summed E-state index contributed by atoms with van der Waals surface area (Å²) in [5.41, 5.74) is 9.93. The molecule has 6 N–H and O–H groups in total. The minimum absolute atomic E-state index is 0.153. The van der Waals surface area contributed by atoms with Gasteiger partial charge in [0.1, 0.15) is 58.1 Å². The van der Waals surface area contributed by atoms with Crippen LogP contribution in [0.5, 0.6) is 28.7 Å². The fraction of sp³-hybridized carbons (Fsp3) is 0.256. The van der Waals surface area contributed by atoms with Gasteiger partial charge in [0.05, 0.1) is 41.8 Å². The van der Waals surface area contributed by atoms with Gasteiger partial charge in [0.25, 0.3) is 0 Å². The van der Waals surface area contributed by atoms with E-state index in [-0.39, 0.29) is 46.3 Å². The highest BCUT2D eigenvalue weighted by Crippen LogP contribution is 2.39. The van der Waals surface area contributed by atoms with Crippen LogP contribution in [0.1, 0.15) is 87.1 Å². The maximum atomic E-state index is 13.5. The number of hydrogen-bond donors (Lipinski definition) is 6. The van der Waals surface area contributed by atoms with Gasteiger partial charge in [-0.2, -0.15) is 0 Å². The highest BCUT2D eigenvalue weighted by atomic mass is 35.5. The zero-order valence-electron chi connectivity index (χ0n) is 63.7. The number of aromatic hydroxyl groups is 2. The van der Waals surface area contributed by atoms with Gasteiger partial charge in [-0.05, 0) is 267 Å². The van der Waals surface area contributed by atoms with Crippen molar-refractivity contribution in [3.63, 3.8) is 0 Å². The Kier molecular flexibility index (Phi) is 25.9. The molecule has 2 saturated heterocycles. The van der Waals surface area contributed by atoms with Crippen molar-refractivity contribution in [3.05, 3.63) is 245 Å². The lowest BCUT2D eigenvalue weighted by Crippen LogP contribution is -2.41. The monoisotopic (exact) mass is 1530 g/mol. The predicted molar refractivity (Wildman–Crippen MR) is 436 cm³/mol. The van der Waals surface area contributed by atoms with E-state index in [4.69, 9.17) is 30.8 Å². The Hall–Kier alpha value is -12.2. The standard InChI is InChI=1S/2C23H27FN4O.C16H14FN3O.C15H12FN3O.C9H7ClN2O/c1-14(2)28-10-8-16(9-11-28)21-20(29)7-4-17-13-25-23(27-22(17)21)26-18-5-6-19(24)15(3)12-18;1-15(2)28-10-8-19(9-11-28)29-20-6-4-17-14-25-23(27-22(17)13-20)26-18-5-7-21(24)16(3)12-18;1-10-7-12(4-6-14(10)17)19-16-18-9-11-3-5-13(21-2)8-15(11)20-16;1-9-6-11(3-5-13(9)16)18-15-17-8-10-2-4-12(20)7-14(10)19-15;1-13-7-3-2-6-5-11-9(10)12-8(6)4-7/h4-7,12-14,16,29H,8-11H2,1-3H3,(H,25,26,27);4-7,12-15,19H,8-11H2,1-3H3,(H,25,26,27);3-9H,1-2H3,(H,18,19,20);2-8,20H,1H3,(H,17,18,19);2-5H,1H3. The second-order valence-electron chi connectivity index (χ2n) is 27.9. The second kappa shape index (κ2) is 36.6. The van der Waals surface area contributed by atoms with E-state index >= 15 is 0 Å². The first-order valence-corrected chi connectivity index (χ1v) is 37.1. The van der Waals surface area contributed by atoms with Crippen molar-refractivity contribution in [2.45, 2.75) is 105 Å². The lowest BCUT2D eigenvalue weighted by atomic mass is 9.87. The highest BCUT2D eigenvalue weighted by Gasteiger charge is 2.27. The van der Waals surface area contributed by atoms with E-state index < -0.39 is 0 Å². The maximum absolute atomic E-state index is 13.5. The molecule has 0 unspecified atom stereocenters. The van der Waals surface area contributed by atoms with Crippen molar-refractivity contribution >= 4 is 113 Å². The van der Waals surface area contributed by atoms with Gasteiger partial charge in [0, 0.05) is 136 Å². The number of phenolic OH excluding ortho intramolecular Hbond substituents is 2. The van der Waals surface area contributed by atoms with E-state index in [2.05, 4.69) is 104 Å². The molecule has 0 radical (unpaired) electrons. The average Bonchev–Trinajstić information content (AvgIpc) is 0.793. The number of halogens is 5. The van der Waals surface area contributed by atoms with Gasteiger partial charge in [0.15, 0.2) is 0 Å². The zero-order valence-corrected chi connectivity index (χ0v) is 64.5. The lowest BCUT2D eigenvalue weighted by Gasteiger charge is -2.35. The van der Waals surface area contributed by atoms with Crippen LogP contribution in [0, 0.1) is 51.0 Å². The summed E-state index contributed by atoms with van der Waals surface area (Å²) >= 11 is 5.65. The van der Waals surface area contributed by atoms with Crippen LogP contribution in [0.4, 0.5) is 64.1 Å². The number of methoxy groups -OCH3 is 2. The Morgan fingerprint density at radius 3 is 1.16 bits per heavy atom. The van der Waals surface area contributed by atoms with E-state index in [0.717, 1.165) is 141 Å². The molecule has 2 fully saturated rings. The quantitative estimate of drug-likeness (QED) is 0.0412. The Balaban J connectivity index is 0.000000133. The molecule has 2 aliphatic rings. The van der Waals surface area contributed by atoms with Crippen LogP contribution >= 0.6 is 11.6 Å². The Morgan fingerprint density at radius 2 is 0.750 bits per heavy atom. The summed E-state index contributed by atoms with van der Waals surface area (Å²) in [6.45, 7) is 20.0. The molecule has 112 heavy (non-hydrogen) atoms. The third kappa shape index (κ3) is 20.8. The molecule has 0 aliphatic carbocycles. The molecule has 21 nitrogen and oxygen atoms in total. The summed E-state index contributed by atoms with van der Waals surface area (Å²) < 4.78 is 69.9. The number of rotatable bonds is 15.